The maximum absolute atomic E-state index is 5.93. The molecule has 1 aromatic heterocycles. The molecule has 1 N–H and O–H groups in total. The van der Waals surface area contributed by atoms with Gasteiger partial charge < -0.3 is 15.0 Å². The van der Waals surface area contributed by atoms with Crippen LogP contribution in [0, 0.1) is 0 Å². The highest BCUT2D eigenvalue weighted by molar-refractivity contribution is 9.10. The minimum Gasteiger partial charge on any atom is -0.370 e. The molecule has 25 heavy (non-hydrogen) atoms. The molecule has 3 rings (SSSR count). The second-order valence-electron chi connectivity index (χ2n) is 6.05. The lowest BCUT2D eigenvalue weighted by atomic mass is 10.1. The number of halogens is 1. The number of guanidine groups is 1. The summed E-state index contributed by atoms with van der Waals surface area (Å²) >= 11 is 3.47. The topological polar surface area (TPSA) is 54.7 Å². The van der Waals surface area contributed by atoms with Crippen molar-refractivity contribution in [3.63, 3.8) is 0 Å². The number of rotatable bonds is 4. The monoisotopic (exact) mass is 405 g/mol. The number of nitrogens with one attached hydrogen (secondary N) is 1. The summed E-state index contributed by atoms with van der Waals surface area (Å²) in [5.74, 6) is 0.933. The molecule has 6 nitrogen and oxygen atoms in total. The van der Waals surface area contributed by atoms with Gasteiger partial charge in [-0.15, -0.1) is 0 Å². The van der Waals surface area contributed by atoms with E-state index in [9.17, 15) is 0 Å². The second-order valence-corrected chi connectivity index (χ2v) is 6.97. The van der Waals surface area contributed by atoms with Gasteiger partial charge in [0.25, 0.3) is 0 Å². The molecular weight excluding hydrogens is 382 g/mol. The summed E-state index contributed by atoms with van der Waals surface area (Å²) in [4.78, 5) is 7.08. The average Bonchev–Trinajstić information content (AvgIpc) is 3.07. The van der Waals surface area contributed by atoms with Gasteiger partial charge in [0.15, 0.2) is 5.96 Å². The molecule has 1 aliphatic heterocycles. The van der Waals surface area contributed by atoms with Crippen LogP contribution < -0.4 is 5.32 Å². The fraction of sp³-hybridized carbons (Fsp3) is 0.444. The summed E-state index contributed by atoms with van der Waals surface area (Å²) in [6.07, 6.45) is 3.92. The molecule has 0 aliphatic carbocycles. The standard InChI is InChI=1S/C18H24BrN5O/c1-3-20-18(21-10-14-4-6-16(19)7-5-14)24-8-9-25-17(13-24)15-11-22-23(2)12-15/h4-7,11-12,17H,3,8-10,13H2,1-2H3,(H,20,21). The van der Waals surface area contributed by atoms with Crippen molar-refractivity contribution < 1.29 is 4.74 Å². The molecule has 0 spiro atoms. The van der Waals surface area contributed by atoms with E-state index in [1.165, 1.54) is 5.56 Å². The van der Waals surface area contributed by atoms with Gasteiger partial charge in [-0.05, 0) is 24.6 Å². The third kappa shape index (κ3) is 4.83. The van der Waals surface area contributed by atoms with Gasteiger partial charge in [0.1, 0.15) is 6.10 Å². The van der Waals surface area contributed by atoms with E-state index in [1.54, 1.807) is 0 Å². The van der Waals surface area contributed by atoms with E-state index in [0.29, 0.717) is 13.2 Å². The Morgan fingerprint density at radius 2 is 2.20 bits per heavy atom. The van der Waals surface area contributed by atoms with Crippen LogP contribution in [0.2, 0.25) is 0 Å². The molecule has 1 unspecified atom stereocenters. The average molecular weight is 406 g/mol. The molecule has 0 amide bonds. The minimum atomic E-state index is 0.0268. The first-order valence-corrected chi connectivity index (χ1v) is 9.33. The Hall–Kier alpha value is -1.86. The third-order valence-corrected chi connectivity index (χ3v) is 4.65. The number of nitrogens with zero attached hydrogens (tertiary/aromatic N) is 4. The molecule has 1 fully saturated rings. The predicted molar refractivity (Wildman–Crippen MR) is 102 cm³/mol. The van der Waals surface area contributed by atoms with Gasteiger partial charge in [-0.2, -0.15) is 5.10 Å². The second kappa shape index (κ2) is 8.49. The Morgan fingerprint density at radius 3 is 2.88 bits per heavy atom. The molecule has 134 valence electrons. The highest BCUT2D eigenvalue weighted by atomic mass is 79.9. The van der Waals surface area contributed by atoms with Crippen LogP contribution in [0.3, 0.4) is 0 Å². The van der Waals surface area contributed by atoms with Crippen LogP contribution in [-0.4, -0.2) is 46.9 Å². The fourth-order valence-electron chi connectivity index (χ4n) is 2.83. The van der Waals surface area contributed by atoms with Crippen molar-refractivity contribution in [3.05, 3.63) is 52.3 Å². The van der Waals surface area contributed by atoms with Crippen LogP contribution in [0.25, 0.3) is 0 Å². The number of benzene rings is 1. The molecule has 0 bridgehead atoms. The summed E-state index contributed by atoms with van der Waals surface area (Å²) < 4.78 is 8.82. The first kappa shape index (κ1) is 17.9. The van der Waals surface area contributed by atoms with Gasteiger partial charge in [-0.25, -0.2) is 4.99 Å². The molecule has 1 saturated heterocycles. The van der Waals surface area contributed by atoms with Crippen molar-refractivity contribution in [2.75, 3.05) is 26.2 Å². The van der Waals surface area contributed by atoms with E-state index >= 15 is 0 Å². The normalized spacial score (nSPS) is 18.4. The summed E-state index contributed by atoms with van der Waals surface area (Å²) in [7, 11) is 1.92. The van der Waals surface area contributed by atoms with Crippen molar-refractivity contribution in [3.8, 4) is 0 Å². The van der Waals surface area contributed by atoms with Gasteiger partial charge in [-0.3, -0.25) is 4.68 Å². The number of hydrogen-bond acceptors (Lipinski definition) is 3. The molecule has 2 aromatic rings. The summed E-state index contributed by atoms with van der Waals surface area (Å²) in [5.41, 5.74) is 2.30. The van der Waals surface area contributed by atoms with Crippen LogP contribution in [0.15, 0.2) is 46.1 Å². The Labute approximate surface area is 157 Å². The Morgan fingerprint density at radius 1 is 1.40 bits per heavy atom. The number of aromatic nitrogens is 2. The molecule has 1 aliphatic rings. The number of aliphatic imine (C=N–C) groups is 1. The maximum atomic E-state index is 5.93. The van der Waals surface area contributed by atoms with Crippen LogP contribution in [0.5, 0.6) is 0 Å². The van der Waals surface area contributed by atoms with E-state index in [-0.39, 0.29) is 6.10 Å². The van der Waals surface area contributed by atoms with Crippen LogP contribution >= 0.6 is 15.9 Å². The van der Waals surface area contributed by atoms with Gasteiger partial charge in [-0.1, -0.05) is 28.1 Å². The summed E-state index contributed by atoms with van der Waals surface area (Å²) in [6, 6.07) is 8.28. The van der Waals surface area contributed by atoms with Crippen molar-refractivity contribution in [1.82, 2.24) is 20.0 Å². The Kier molecular flexibility index (Phi) is 6.09. The highest BCUT2D eigenvalue weighted by Crippen LogP contribution is 2.21. The molecule has 7 heteroatoms. The number of morpholine rings is 1. The first-order chi connectivity index (χ1) is 12.2. The molecule has 0 radical (unpaired) electrons. The zero-order valence-corrected chi connectivity index (χ0v) is 16.2. The fourth-order valence-corrected chi connectivity index (χ4v) is 3.10. The van der Waals surface area contributed by atoms with Crippen molar-refractivity contribution in [1.29, 1.82) is 0 Å². The van der Waals surface area contributed by atoms with Crippen LogP contribution in [-0.2, 0) is 18.3 Å². The van der Waals surface area contributed by atoms with Crippen molar-refractivity contribution in [2.24, 2.45) is 12.0 Å². The summed E-state index contributed by atoms with van der Waals surface area (Å²) in [6.45, 7) is 5.88. The third-order valence-electron chi connectivity index (χ3n) is 4.12. The smallest absolute Gasteiger partial charge is 0.194 e. The summed E-state index contributed by atoms with van der Waals surface area (Å²) in [5, 5.41) is 7.65. The van der Waals surface area contributed by atoms with Gasteiger partial charge in [0, 0.05) is 36.4 Å². The largest absolute Gasteiger partial charge is 0.370 e. The number of ether oxygens (including phenoxy) is 1. The van der Waals surface area contributed by atoms with Gasteiger partial charge in [0.2, 0.25) is 0 Å². The predicted octanol–water partition coefficient (Wildman–Crippen LogP) is 2.72. The molecule has 1 aromatic carbocycles. The Bertz CT molecular complexity index is 713. The van der Waals surface area contributed by atoms with Gasteiger partial charge >= 0.3 is 0 Å². The van der Waals surface area contributed by atoms with Crippen LogP contribution in [0.1, 0.15) is 24.2 Å². The van der Waals surface area contributed by atoms with Crippen molar-refractivity contribution >= 4 is 21.9 Å². The Balaban J connectivity index is 1.70. The van der Waals surface area contributed by atoms with Crippen molar-refractivity contribution in [2.45, 2.75) is 19.6 Å². The first-order valence-electron chi connectivity index (χ1n) is 8.53. The van der Waals surface area contributed by atoms with E-state index in [0.717, 1.165) is 35.6 Å². The van der Waals surface area contributed by atoms with Crippen LogP contribution in [0.4, 0.5) is 0 Å². The minimum absolute atomic E-state index is 0.0268. The lowest BCUT2D eigenvalue weighted by Gasteiger charge is -2.34. The highest BCUT2D eigenvalue weighted by Gasteiger charge is 2.25. The van der Waals surface area contributed by atoms with E-state index in [4.69, 9.17) is 9.73 Å². The van der Waals surface area contributed by atoms with E-state index in [1.807, 2.05) is 36.3 Å². The lowest BCUT2D eigenvalue weighted by Crippen LogP contribution is -2.48. The zero-order valence-electron chi connectivity index (χ0n) is 14.7. The SMILES string of the molecule is CCNC(=NCc1ccc(Br)cc1)N1CCOC(c2cnn(C)c2)C1. The molecule has 0 saturated carbocycles. The molecular formula is C18H24BrN5O. The number of hydrogen-bond donors (Lipinski definition) is 1. The van der Waals surface area contributed by atoms with E-state index < -0.39 is 0 Å². The van der Waals surface area contributed by atoms with E-state index in [2.05, 4.69) is 50.3 Å². The molecule has 2 heterocycles. The maximum Gasteiger partial charge on any atom is 0.194 e. The zero-order chi connectivity index (χ0) is 17.6. The lowest BCUT2D eigenvalue weighted by molar-refractivity contribution is -0.00805. The number of aryl methyl sites for hydroxylation is 1. The molecule has 1 atom stereocenters. The van der Waals surface area contributed by atoms with Gasteiger partial charge in [0.05, 0.1) is 25.9 Å². The quantitative estimate of drug-likeness (QED) is 0.627.